The lowest BCUT2D eigenvalue weighted by Gasteiger charge is -2.35. The predicted molar refractivity (Wildman–Crippen MR) is 104 cm³/mol. The van der Waals surface area contributed by atoms with Gasteiger partial charge < -0.3 is 19.3 Å². The number of halogens is 4. The van der Waals surface area contributed by atoms with Crippen LogP contribution in [0.2, 0.25) is 5.02 Å². The van der Waals surface area contributed by atoms with Crippen molar-refractivity contribution in [2.75, 3.05) is 44.3 Å². The molecule has 4 heterocycles. The molecule has 0 bridgehead atoms. The van der Waals surface area contributed by atoms with E-state index in [-0.39, 0.29) is 35.8 Å². The van der Waals surface area contributed by atoms with Gasteiger partial charge in [-0.25, -0.2) is 15.1 Å². The molecule has 10 nitrogen and oxygen atoms in total. The average molecular weight is 475 g/mol. The van der Waals surface area contributed by atoms with Crippen LogP contribution in [0.5, 0.6) is 5.75 Å². The maximum Gasteiger partial charge on any atom is 0.419 e. The van der Waals surface area contributed by atoms with Crippen molar-refractivity contribution in [3.8, 4) is 5.75 Å². The predicted octanol–water partition coefficient (Wildman–Crippen LogP) is 1.42. The van der Waals surface area contributed by atoms with Gasteiger partial charge in [0.2, 0.25) is 11.9 Å². The lowest BCUT2D eigenvalue weighted by molar-refractivity contribution is -0.139. The van der Waals surface area contributed by atoms with Crippen LogP contribution in [-0.4, -0.2) is 70.4 Å². The number of alkyl halides is 3. The Kier molecular flexibility index (Phi) is 6.20. The molecule has 2 aliphatic rings. The number of aromatic nitrogens is 4. The van der Waals surface area contributed by atoms with Gasteiger partial charge in [0.25, 0.3) is 5.56 Å². The highest BCUT2D eigenvalue weighted by Crippen LogP contribution is 2.35. The lowest BCUT2D eigenvalue weighted by Crippen LogP contribution is -2.50. The van der Waals surface area contributed by atoms with Crippen molar-refractivity contribution in [2.45, 2.75) is 18.7 Å². The van der Waals surface area contributed by atoms with Crippen molar-refractivity contribution >= 4 is 23.5 Å². The van der Waals surface area contributed by atoms with Gasteiger partial charge in [-0.3, -0.25) is 9.59 Å². The highest BCUT2D eigenvalue weighted by atomic mass is 35.5. The van der Waals surface area contributed by atoms with Crippen LogP contribution in [-0.2, 0) is 15.7 Å². The van der Waals surface area contributed by atoms with Crippen molar-refractivity contribution in [2.24, 2.45) is 0 Å². The Bertz CT molecular complexity index is 1040. The van der Waals surface area contributed by atoms with Gasteiger partial charge in [0.1, 0.15) is 18.4 Å². The zero-order chi connectivity index (χ0) is 22.9. The molecule has 2 aliphatic heterocycles. The Labute approximate surface area is 184 Å². The minimum absolute atomic E-state index is 0.115. The summed E-state index contributed by atoms with van der Waals surface area (Å²) < 4.78 is 49.1. The van der Waals surface area contributed by atoms with Gasteiger partial charge in [-0.15, -0.1) is 0 Å². The molecule has 0 saturated carbocycles. The number of hydrogen-bond donors (Lipinski definition) is 1. The summed E-state index contributed by atoms with van der Waals surface area (Å²) in [5, 5.41) is 6.08. The zero-order valence-corrected chi connectivity index (χ0v) is 17.3. The second kappa shape index (κ2) is 8.90. The molecular formula is C18H18ClF3N6O4. The second-order valence-electron chi connectivity index (χ2n) is 7.16. The summed E-state index contributed by atoms with van der Waals surface area (Å²) in [7, 11) is 0. The van der Waals surface area contributed by atoms with E-state index < -0.39 is 23.4 Å². The Morgan fingerprint density at radius 1 is 1.25 bits per heavy atom. The van der Waals surface area contributed by atoms with Crippen molar-refractivity contribution in [3.63, 3.8) is 0 Å². The van der Waals surface area contributed by atoms with Crippen LogP contribution in [0.15, 0.2) is 17.2 Å². The molecule has 2 aromatic rings. The van der Waals surface area contributed by atoms with Crippen LogP contribution < -0.4 is 15.2 Å². The summed E-state index contributed by atoms with van der Waals surface area (Å²) in [6.07, 6.45) is -3.13. The number of piperazine rings is 1. The normalized spacial score (nSPS) is 18.8. The van der Waals surface area contributed by atoms with E-state index in [0.29, 0.717) is 38.3 Å². The molecule has 32 heavy (non-hydrogen) atoms. The molecule has 1 unspecified atom stereocenters. The first-order valence-corrected chi connectivity index (χ1v) is 10.1. The van der Waals surface area contributed by atoms with Crippen LogP contribution in [0.25, 0.3) is 0 Å². The summed E-state index contributed by atoms with van der Waals surface area (Å²) in [5.74, 6) is 0.0860. The van der Waals surface area contributed by atoms with E-state index >= 15 is 0 Å². The second-order valence-corrected chi connectivity index (χ2v) is 7.53. The van der Waals surface area contributed by atoms with Gasteiger partial charge in [0.05, 0.1) is 12.2 Å². The third kappa shape index (κ3) is 4.63. The fourth-order valence-corrected chi connectivity index (χ4v) is 3.59. The number of hydrogen-bond acceptors (Lipinski definition) is 8. The van der Waals surface area contributed by atoms with Gasteiger partial charge in [0, 0.05) is 45.0 Å². The minimum atomic E-state index is -4.50. The van der Waals surface area contributed by atoms with Crippen molar-refractivity contribution < 1.29 is 27.4 Å². The van der Waals surface area contributed by atoms with Gasteiger partial charge in [-0.05, 0) is 0 Å². The maximum absolute atomic E-state index is 12.6. The molecule has 1 N–H and O–H groups in total. The Balaban J connectivity index is 1.30. The summed E-state index contributed by atoms with van der Waals surface area (Å²) in [6.45, 7) is 1.48. The van der Waals surface area contributed by atoms with Gasteiger partial charge in [-0.1, -0.05) is 11.6 Å². The molecule has 1 saturated heterocycles. The standard InChI is InChI=1S/C18H18ClF3N6O4/c19-13-15-14(25-26-16(13)30)11(1-6-31-15)32-9-12(29)27-2-4-28(5-3-27)17-23-7-10(8-24-17)18(20,21)22/h7-8,11H,1-6,9H2,(H,26,30). The number of nitrogens with one attached hydrogen (secondary N) is 1. The summed E-state index contributed by atoms with van der Waals surface area (Å²) in [6, 6.07) is 0. The fourth-order valence-electron chi connectivity index (χ4n) is 3.40. The number of rotatable bonds is 4. The first-order chi connectivity index (χ1) is 15.2. The molecule has 0 aliphatic carbocycles. The number of ether oxygens (including phenoxy) is 2. The fraction of sp³-hybridized carbons (Fsp3) is 0.500. The molecule has 1 fully saturated rings. The van der Waals surface area contributed by atoms with Crippen LogP contribution in [0.4, 0.5) is 19.1 Å². The summed E-state index contributed by atoms with van der Waals surface area (Å²) in [4.78, 5) is 35.0. The van der Waals surface area contributed by atoms with Crippen molar-refractivity contribution in [1.29, 1.82) is 0 Å². The molecule has 2 aromatic heterocycles. The average Bonchev–Trinajstić information content (AvgIpc) is 2.79. The largest absolute Gasteiger partial charge is 0.490 e. The highest BCUT2D eigenvalue weighted by molar-refractivity contribution is 6.31. The summed E-state index contributed by atoms with van der Waals surface area (Å²) in [5.41, 5.74) is -1.16. The number of carbonyl (C=O) groups excluding carboxylic acids is 1. The molecule has 14 heteroatoms. The lowest BCUT2D eigenvalue weighted by atomic mass is 10.1. The van der Waals surface area contributed by atoms with E-state index in [2.05, 4.69) is 20.2 Å². The third-order valence-electron chi connectivity index (χ3n) is 5.13. The van der Waals surface area contributed by atoms with E-state index in [9.17, 15) is 22.8 Å². The molecule has 1 amide bonds. The highest BCUT2D eigenvalue weighted by Gasteiger charge is 2.32. The molecule has 0 spiro atoms. The third-order valence-corrected chi connectivity index (χ3v) is 5.47. The van der Waals surface area contributed by atoms with Gasteiger partial charge in [-0.2, -0.15) is 18.3 Å². The van der Waals surface area contributed by atoms with Crippen LogP contribution >= 0.6 is 11.6 Å². The number of anilines is 1. The van der Waals surface area contributed by atoms with Crippen molar-refractivity contribution in [1.82, 2.24) is 25.1 Å². The number of amides is 1. The minimum Gasteiger partial charge on any atom is -0.490 e. The Hall–Kier alpha value is -2.93. The monoisotopic (exact) mass is 474 g/mol. The SMILES string of the molecule is O=C(COC1CCOc2c1n[nH]c(=O)c2Cl)N1CCN(c2ncc(C(F)(F)F)cn2)CC1. The Morgan fingerprint density at radius 2 is 1.94 bits per heavy atom. The molecule has 0 aromatic carbocycles. The van der Waals surface area contributed by atoms with E-state index in [0.717, 1.165) is 12.4 Å². The first-order valence-electron chi connectivity index (χ1n) is 9.68. The van der Waals surface area contributed by atoms with Crippen LogP contribution in [0, 0.1) is 0 Å². The maximum atomic E-state index is 12.6. The molecular weight excluding hydrogens is 457 g/mol. The zero-order valence-electron chi connectivity index (χ0n) is 16.6. The quantitative estimate of drug-likeness (QED) is 0.708. The molecule has 4 rings (SSSR count). The first kappa shape index (κ1) is 22.3. The van der Waals surface area contributed by atoms with Gasteiger partial charge >= 0.3 is 6.18 Å². The summed E-state index contributed by atoms with van der Waals surface area (Å²) >= 11 is 5.95. The topological polar surface area (TPSA) is 114 Å². The molecule has 1 atom stereocenters. The van der Waals surface area contributed by atoms with Gasteiger partial charge in [0.15, 0.2) is 10.8 Å². The van der Waals surface area contributed by atoms with E-state index in [4.69, 9.17) is 21.1 Å². The number of fused-ring (bicyclic) bond motifs is 1. The van der Waals surface area contributed by atoms with Crippen molar-refractivity contribution in [3.05, 3.63) is 39.0 Å². The van der Waals surface area contributed by atoms with Crippen LogP contribution in [0.3, 0.4) is 0 Å². The van der Waals surface area contributed by atoms with Crippen LogP contribution in [0.1, 0.15) is 23.8 Å². The number of carbonyl (C=O) groups is 1. The molecule has 172 valence electrons. The van der Waals surface area contributed by atoms with E-state index in [1.54, 1.807) is 9.80 Å². The number of H-pyrrole nitrogens is 1. The van der Waals surface area contributed by atoms with E-state index in [1.165, 1.54) is 0 Å². The smallest absolute Gasteiger partial charge is 0.419 e. The number of nitrogens with zero attached hydrogens (tertiary/aromatic N) is 5. The Morgan fingerprint density at radius 3 is 2.59 bits per heavy atom. The molecule has 0 radical (unpaired) electrons. The van der Waals surface area contributed by atoms with E-state index in [1.807, 2.05) is 0 Å². The number of aromatic amines is 1.